The topological polar surface area (TPSA) is 56.1 Å². The van der Waals surface area contributed by atoms with Crippen LogP contribution in [0, 0.1) is 0 Å². The van der Waals surface area contributed by atoms with E-state index in [0.29, 0.717) is 0 Å². The number of nitrogens with one attached hydrogen (secondary N) is 1. The Bertz CT molecular complexity index is 924. The standard InChI is InChI=1S/C25H31N3O2/c1-19(29)27-22-10-13-23(14-11-22)30-24(17-28-16-15-26-18-28)12-7-20-5-8-21(9-6-20)25(2,3)4/h5-6,8-11,13-16,18,24H,7,12,17H2,1-4H3,(H,27,29). The van der Waals surface area contributed by atoms with Crippen molar-refractivity contribution in [3.05, 3.63) is 78.4 Å². The van der Waals surface area contributed by atoms with E-state index in [9.17, 15) is 4.79 Å². The van der Waals surface area contributed by atoms with Crippen LogP contribution in [0.4, 0.5) is 5.69 Å². The summed E-state index contributed by atoms with van der Waals surface area (Å²) in [6, 6.07) is 16.4. The molecule has 1 amide bonds. The molecule has 1 aromatic heterocycles. The van der Waals surface area contributed by atoms with Crippen LogP contribution in [-0.4, -0.2) is 21.6 Å². The van der Waals surface area contributed by atoms with Gasteiger partial charge in [0, 0.05) is 25.0 Å². The minimum atomic E-state index is -0.0841. The summed E-state index contributed by atoms with van der Waals surface area (Å²) >= 11 is 0. The number of imidazole rings is 1. The van der Waals surface area contributed by atoms with Gasteiger partial charge in [-0.3, -0.25) is 4.79 Å². The molecule has 0 aliphatic carbocycles. The molecule has 2 aromatic carbocycles. The molecule has 0 aliphatic rings. The van der Waals surface area contributed by atoms with E-state index in [1.807, 2.05) is 41.4 Å². The molecule has 1 unspecified atom stereocenters. The maximum Gasteiger partial charge on any atom is 0.221 e. The smallest absolute Gasteiger partial charge is 0.221 e. The van der Waals surface area contributed by atoms with Gasteiger partial charge in [-0.15, -0.1) is 0 Å². The fourth-order valence-corrected chi connectivity index (χ4v) is 3.33. The third-order valence-electron chi connectivity index (χ3n) is 5.03. The van der Waals surface area contributed by atoms with Gasteiger partial charge in [0.05, 0.1) is 12.9 Å². The van der Waals surface area contributed by atoms with Gasteiger partial charge in [-0.1, -0.05) is 45.0 Å². The van der Waals surface area contributed by atoms with Gasteiger partial charge in [-0.25, -0.2) is 4.98 Å². The van der Waals surface area contributed by atoms with Crippen LogP contribution in [0.25, 0.3) is 0 Å². The maximum absolute atomic E-state index is 11.2. The summed E-state index contributed by atoms with van der Waals surface area (Å²) in [5.41, 5.74) is 3.58. The molecule has 1 atom stereocenters. The molecule has 0 saturated carbocycles. The summed E-state index contributed by atoms with van der Waals surface area (Å²) in [5, 5.41) is 2.78. The van der Waals surface area contributed by atoms with E-state index < -0.39 is 0 Å². The summed E-state index contributed by atoms with van der Waals surface area (Å²) in [4.78, 5) is 15.3. The average molecular weight is 406 g/mol. The molecule has 0 fully saturated rings. The Morgan fingerprint density at radius 3 is 2.37 bits per heavy atom. The highest BCUT2D eigenvalue weighted by Crippen LogP contribution is 2.23. The molecular weight excluding hydrogens is 374 g/mol. The lowest BCUT2D eigenvalue weighted by atomic mass is 9.86. The van der Waals surface area contributed by atoms with Crippen molar-refractivity contribution in [2.24, 2.45) is 0 Å². The average Bonchev–Trinajstić information content (AvgIpc) is 3.20. The highest BCUT2D eigenvalue weighted by Gasteiger charge is 2.15. The number of amides is 1. The second-order valence-corrected chi connectivity index (χ2v) is 8.69. The predicted octanol–water partition coefficient (Wildman–Crippen LogP) is 5.22. The predicted molar refractivity (Wildman–Crippen MR) is 121 cm³/mol. The minimum absolute atomic E-state index is 0.00751. The van der Waals surface area contributed by atoms with Gasteiger partial charge >= 0.3 is 0 Å². The minimum Gasteiger partial charge on any atom is -0.489 e. The molecule has 0 radical (unpaired) electrons. The first-order valence-corrected chi connectivity index (χ1v) is 10.4. The number of carbonyl (C=O) groups is 1. The summed E-state index contributed by atoms with van der Waals surface area (Å²) in [7, 11) is 0. The third-order valence-corrected chi connectivity index (χ3v) is 5.03. The number of carbonyl (C=O) groups excluding carboxylic acids is 1. The second-order valence-electron chi connectivity index (χ2n) is 8.69. The van der Waals surface area contributed by atoms with Crippen molar-refractivity contribution in [2.45, 2.75) is 58.6 Å². The summed E-state index contributed by atoms with van der Waals surface area (Å²) < 4.78 is 8.33. The summed E-state index contributed by atoms with van der Waals surface area (Å²) in [5.74, 6) is 0.705. The van der Waals surface area contributed by atoms with Crippen LogP contribution in [0.3, 0.4) is 0 Å². The van der Waals surface area contributed by atoms with Crippen molar-refractivity contribution in [1.82, 2.24) is 9.55 Å². The Kier molecular flexibility index (Phi) is 6.93. The quantitative estimate of drug-likeness (QED) is 0.559. The molecule has 30 heavy (non-hydrogen) atoms. The van der Waals surface area contributed by atoms with E-state index in [0.717, 1.165) is 30.8 Å². The normalized spacial score (nSPS) is 12.4. The van der Waals surface area contributed by atoms with Gasteiger partial charge in [-0.05, 0) is 53.6 Å². The fraction of sp³-hybridized carbons (Fsp3) is 0.360. The first-order chi connectivity index (χ1) is 14.3. The van der Waals surface area contributed by atoms with Gasteiger partial charge in [0.1, 0.15) is 11.9 Å². The van der Waals surface area contributed by atoms with Crippen LogP contribution in [0.15, 0.2) is 67.3 Å². The first kappa shape index (κ1) is 21.6. The van der Waals surface area contributed by atoms with Crippen LogP contribution in [0.5, 0.6) is 5.75 Å². The number of ether oxygens (including phenoxy) is 1. The lowest BCUT2D eigenvalue weighted by molar-refractivity contribution is -0.114. The molecule has 1 heterocycles. The number of hydrogen-bond donors (Lipinski definition) is 1. The van der Waals surface area contributed by atoms with Crippen molar-refractivity contribution in [2.75, 3.05) is 5.32 Å². The van der Waals surface area contributed by atoms with E-state index in [1.54, 1.807) is 6.20 Å². The summed E-state index contributed by atoms with van der Waals surface area (Å²) in [6.07, 6.45) is 7.38. The lowest BCUT2D eigenvalue weighted by Gasteiger charge is -2.21. The van der Waals surface area contributed by atoms with Gasteiger partial charge in [0.2, 0.25) is 5.91 Å². The number of hydrogen-bond acceptors (Lipinski definition) is 3. The Morgan fingerprint density at radius 2 is 1.80 bits per heavy atom. The zero-order chi connectivity index (χ0) is 21.6. The van der Waals surface area contributed by atoms with E-state index in [2.05, 4.69) is 55.3 Å². The molecule has 5 heteroatoms. The van der Waals surface area contributed by atoms with Crippen molar-refractivity contribution >= 4 is 11.6 Å². The highest BCUT2D eigenvalue weighted by atomic mass is 16.5. The molecule has 0 spiro atoms. The van der Waals surface area contributed by atoms with Crippen molar-refractivity contribution in [1.29, 1.82) is 0 Å². The first-order valence-electron chi connectivity index (χ1n) is 10.4. The Morgan fingerprint density at radius 1 is 1.10 bits per heavy atom. The molecule has 3 rings (SSSR count). The Balaban J connectivity index is 1.65. The lowest BCUT2D eigenvalue weighted by Crippen LogP contribution is -2.23. The van der Waals surface area contributed by atoms with Crippen molar-refractivity contribution < 1.29 is 9.53 Å². The number of anilines is 1. The van der Waals surface area contributed by atoms with E-state index >= 15 is 0 Å². The molecular formula is C25H31N3O2. The highest BCUT2D eigenvalue weighted by molar-refractivity contribution is 5.88. The molecule has 0 bridgehead atoms. The van der Waals surface area contributed by atoms with E-state index in [4.69, 9.17) is 4.74 Å². The van der Waals surface area contributed by atoms with Crippen molar-refractivity contribution in [3.8, 4) is 5.75 Å². The van der Waals surface area contributed by atoms with Crippen molar-refractivity contribution in [3.63, 3.8) is 0 Å². The number of aromatic nitrogens is 2. The molecule has 1 N–H and O–H groups in total. The zero-order valence-electron chi connectivity index (χ0n) is 18.3. The second kappa shape index (κ2) is 9.61. The largest absolute Gasteiger partial charge is 0.489 e. The van der Waals surface area contributed by atoms with Gasteiger partial charge in [-0.2, -0.15) is 0 Å². The van der Waals surface area contributed by atoms with Crippen LogP contribution in [0.2, 0.25) is 0 Å². The SMILES string of the molecule is CC(=O)Nc1ccc(OC(CCc2ccc(C(C)(C)C)cc2)Cn2ccnc2)cc1. The van der Waals surface area contributed by atoms with Crippen LogP contribution < -0.4 is 10.1 Å². The molecule has 3 aromatic rings. The van der Waals surface area contributed by atoms with Gasteiger partial charge < -0.3 is 14.6 Å². The van der Waals surface area contributed by atoms with E-state index in [1.165, 1.54) is 18.1 Å². The molecule has 158 valence electrons. The fourth-order valence-electron chi connectivity index (χ4n) is 3.33. The maximum atomic E-state index is 11.2. The zero-order valence-corrected chi connectivity index (χ0v) is 18.3. The monoisotopic (exact) mass is 405 g/mol. The van der Waals surface area contributed by atoms with Crippen LogP contribution >= 0.6 is 0 Å². The van der Waals surface area contributed by atoms with Crippen LogP contribution in [0.1, 0.15) is 45.2 Å². The van der Waals surface area contributed by atoms with Crippen LogP contribution in [-0.2, 0) is 23.2 Å². The molecule has 0 saturated heterocycles. The molecule has 5 nitrogen and oxygen atoms in total. The van der Waals surface area contributed by atoms with Gasteiger partial charge in [0.25, 0.3) is 0 Å². The summed E-state index contributed by atoms with van der Waals surface area (Å²) in [6.45, 7) is 8.92. The number of benzene rings is 2. The number of rotatable bonds is 8. The third kappa shape index (κ3) is 6.48. The Labute approximate surface area is 179 Å². The Hall–Kier alpha value is -3.08. The molecule has 0 aliphatic heterocycles. The number of aryl methyl sites for hydroxylation is 1. The number of nitrogens with zero attached hydrogens (tertiary/aromatic N) is 2. The van der Waals surface area contributed by atoms with E-state index in [-0.39, 0.29) is 17.4 Å². The van der Waals surface area contributed by atoms with Gasteiger partial charge in [0.15, 0.2) is 0 Å².